The zero-order valence-corrected chi connectivity index (χ0v) is 17.8. The van der Waals surface area contributed by atoms with E-state index in [1.54, 1.807) is 60.0 Å². The van der Waals surface area contributed by atoms with E-state index >= 15 is 0 Å². The van der Waals surface area contributed by atoms with Crippen LogP contribution in [0, 0.1) is 6.92 Å². The van der Waals surface area contributed by atoms with Gasteiger partial charge in [0.25, 0.3) is 0 Å². The highest BCUT2D eigenvalue weighted by Gasteiger charge is 2.11. The van der Waals surface area contributed by atoms with E-state index in [0.717, 1.165) is 21.0 Å². The number of methoxy groups -OCH3 is 1. The molecule has 0 radical (unpaired) electrons. The average Bonchev–Trinajstić information content (AvgIpc) is 3.38. The van der Waals surface area contributed by atoms with Gasteiger partial charge in [0.15, 0.2) is 17.3 Å². The Hall–Kier alpha value is -3.84. The number of hydrogen-bond donors (Lipinski definition) is 2. The third-order valence-corrected chi connectivity index (χ3v) is 5.80. The van der Waals surface area contributed by atoms with Crippen LogP contribution in [0.15, 0.2) is 71.7 Å². The van der Waals surface area contributed by atoms with Crippen molar-refractivity contribution in [2.24, 2.45) is 0 Å². The molecule has 156 valence electrons. The number of H-pyrrole nitrogens is 1. The standard InChI is InChI=1S/C24H20N2O4S/c1-15-6-11-23(31-15)19-14-26(24(29)25-19)18-5-3-4-17(13-18)20(27)9-7-16-8-10-21(28)22(12-16)30-2/h3-14,28H,1-2H3,(H,25,29)/b9-7+. The summed E-state index contributed by atoms with van der Waals surface area (Å²) in [6, 6.07) is 15.7. The molecule has 0 aliphatic carbocycles. The Morgan fingerprint density at radius 1 is 1.16 bits per heavy atom. The van der Waals surface area contributed by atoms with Gasteiger partial charge in [0.1, 0.15) is 0 Å². The molecule has 0 fully saturated rings. The summed E-state index contributed by atoms with van der Waals surface area (Å²) < 4.78 is 6.58. The van der Waals surface area contributed by atoms with Crippen molar-refractivity contribution in [2.45, 2.75) is 6.92 Å². The van der Waals surface area contributed by atoms with Gasteiger partial charge in [-0.3, -0.25) is 9.36 Å². The minimum absolute atomic E-state index is 0.0349. The van der Waals surface area contributed by atoms with Crippen LogP contribution in [0.1, 0.15) is 20.8 Å². The van der Waals surface area contributed by atoms with Crippen LogP contribution in [0.5, 0.6) is 11.5 Å². The minimum Gasteiger partial charge on any atom is -0.504 e. The van der Waals surface area contributed by atoms with Gasteiger partial charge in [0.05, 0.1) is 23.4 Å². The number of ketones is 1. The highest BCUT2D eigenvalue weighted by atomic mass is 32.1. The molecule has 2 aromatic heterocycles. The molecule has 2 aromatic carbocycles. The first-order valence-corrected chi connectivity index (χ1v) is 10.3. The van der Waals surface area contributed by atoms with Crippen LogP contribution in [0.25, 0.3) is 22.3 Å². The molecule has 0 atom stereocenters. The first-order valence-electron chi connectivity index (χ1n) is 9.53. The van der Waals surface area contributed by atoms with E-state index in [4.69, 9.17) is 4.74 Å². The molecule has 0 amide bonds. The summed E-state index contributed by atoms with van der Waals surface area (Å²) in [7, 11) is 1.47. The van der Waals surface area contributed by atoms with E-state index in [-0.39, 0.29) is 17.2 Å². The monoisotopic (exact) mass is 432 g/mol. The molecule has 6 nitrogen and oxygen atoms in total. The number of thiophene rings is 1. The summed E-state index contributed by atoms with van der Waals surface area (Å²) in [5, 5.41) is 9.68. The van der Waals surface area contributed by atoms with E-state index in [1.807, 2.05) is 19.1 Å². The number of carbonyl (C=O) groups excluding carboxylic acids is 1. The van der Waals surface area contributed by atoms with Gasteiger partial charge in [-0.15, -0.1) is 11.3 Å². The van der Waals surface area contributed by atoms with Gasteiger partial charge in [-0.2, -0.15) is 0 Å². The summed E-state index contributed by atoms with van der Waals surface area (Å²) in [6.07, 6.45) is 4.84. The van der Waals surface area contributed by atoms with Crippen molar-refractivity contribution in [2.75, 3.05) is 7.11 Å². The molecule has 0 bridgehead atoms. The van der Waals surface area contributed by atoms with E-state index in [1.165, 1.54) is 23.8 Å². The van der Waals surface area contributed by atoms with Crippen molar-refractivity contribution in [3.63, 3.8) is 0 Å². The number of aromatic nitrogens is 2. The first-order chi connectivity index (χ1) is 14.9. The molecule has 0 saturated heterocycles. The largest absolute Gasteiger partial charge is 0.504 e. The maximum Gasteiger partial charge on any atom is 0.330 e. The van der Waals surface area contributed by atoms with Gasteiger partial charge in [0.2, 0.25) is 0 Å². The lowest BCUT2D eigenvalue weighted by atomic mass is 10.1. The zero-order chi connectivity index (χ0) is 22.0. The molecular weight excluding hydrogens is 412 g/mol. The third-order valence-electron chi connectivity index (χ3n) is 4.76. The second-order valence-electron chi connectivity index (χ2n) is 6.93. The SMILES string of the molecule is COc1cc(/C=C/C(=O)c2cccc(-n3cc(-c4ccc(C)s4)[nH]c3=O)c2)ccc1O. The smallest absolute Gasteiger partial charge is 0.330 e. The number of aryl methyl sites for hydroxylation is 1. The fourth-order valence-electron chi connectivity index (χ4n) is 3.17. The Morgan fingerprint density at radius 3 is 2.74 bits per heavy atom. The molecule has 0 unspecified atom stereocenters. The normalized spacial score (nSPS) is 11.2. The number of phenolic OH excluding ortho intramolecular Hbond substituents is 1. The van der Waals surface area contributed by atoms with Crippen LogP contribution in [0.4, 0.5) is 0 Å². The van der Waals surface area contributed by atoms with Crippen molar-refractivity contribution in [1.29, 1.82) is 0 Å². The summed E-state index contributed by atoms with van der Waals surface area (Å²) in [5.41, 5.74) is 2.25. The lowest BCUT2D eigenvalue weighted by Crippen LogP contribution is -2.14. The van der Waals surface area contributed by atoms with E-state index < -0.39 is 0 Å². The molecule has 2 heterocycles. The number of nitrogens with zero attached hydrogens (tertiary/aromatic N) is 1. The number of imidazole rings is 1. The number of aromatic amines is 1. The van der Waals surface area contributed by atoms with E-state index in [9.17, 15) is 14.7 Å². The van der Waals surface area contributed by atoms with E-state index in [2.05, 4.69) is 4.98 Å². The van der Waals surface area contributed by atoms with Gasteiger partial charge in [-0.05, 0) is 55.0 Å². The van der Waals surface area contributed by atoms with Gasteiger partial charge in [0, 0.05) is 16.6 Å². The second kappa shape index (κ2) is 8.49. The van der Waals surface area contributed by atoms with Crippen molar-refractivity contribution < 1.29 is 14.6 Å². The van der Waals surface area contributed by atoms with Crippen molar-refractivity contribution in [3.05, 3.63) is 93.4 Å². The molecule has 0 aliphatic heterocycles. The Labute approximate surface area is 182 Å². The average molecular weight is 433 g/mol. The predicted octanol–water partition coefficient (Wildman–Crippen LogP) is 4.81. The molecule has 0 aliphatic rings. The maximum atomic E-state index is 12.7. The summed E-state index contributed by atoms with van der Waals surface area (Å²) in [6.45, 7) is 2.01. The molecule has 7 heteroatoms. The second-order valence-corrected chi connectivity index (χ2v) is 8.22. The number of phenols is 1. The number of nitrogens with one attached hydrogen (secondary N) is 1. The number of aromatic hydroxyl groups is 1. The van der Waals surface area contributed by atoms with Crippen LogP contribution >= 0.6 is 11.3 Å². The molecule has 31 heavy (non-hydrogen) atoms. The number of benzene rings is 2. The molecule has 0 spiro atoms. The van der Waals surface area contributed by atoms with Crippen molar-refractivity contribution >= 4 is 23.2 Å². The molecule has 4 aromatic rings. The number of rotatable bonds is 6. The van der Waals surface area contributed by atoms with Gasteiger partial charge < -0.3 is 14.8 Å². The molecule has 2 N–H and O–H groups in total. The van der Waals surface area contributed by atoms with Gasteiger partial charge >= 0.3 is 5.69 Å². The Morgan fingerprint density at radius 2 is 2.00 bits per heavy atom. The lowest BCUT2D eigenvalue weighted by Gasteiger charge is -2.04. The number of carbonyl (C=O) groups is 1. The third kappa shape index (κ3) is 4.36. The van der Waals surface area contributed by atoms with Crippen molar-refractivity contribution in [1.82, 2.24) is 9.55 Å². The number of allylic oxidation sites excluding steroid dienone is 1. The topological polar surface area (TPSA) is 84.3 Å². The first kappa shape index (κ1) is 20.4. The van der Waals surface area contributed by atoms with E-state index in [0.29, 0.717) is 17.0 Å². The fourth-order valence-corrected chi connectivity index (χ4v) is 4.00. The van der Waals surface area contributed by atoms with Crippen LogP contribution in [-0.2, 0) is 0 Å². The molecule has 0 saturated carbocycles. The molecular formula is C24H20N2O4S. The zero-order valence-electron chi connectivity index (χ0n) is 17.0. The maximum absolute atomic E-state index is 12.7. The van der Waals surface area contributed by atoms with Crippen LogP contribution in [-0.4, -0.2) is 27.6 Å². The minimum atomic E-state index is -0.266. The van der Waals surface area contributed by atoms with Crippen LogP contribution in [0.3, 0.4) is 0 Å². The number of hydrogen-bond acceptors (Lipinski definition) is 5. The quantitative estimate of drug-likeness (QED) is 0.338. The fraction of sp³-hybridized carbons (Fsp3) is 0.0833. The highest BCUT2D eigenvalue weighted by molar-refractivity contribution is 7.15. The Kier molecular flexibility index (Phi) is 5.60. The lowest BCUT2D eigenvalue weighted by molar-refractivity contribution is 0.104. The van der Waals surface area contributed by atoms with Crippen molar-refractivity contribution in [3.8, 4) is 27.8 Å². The summed E-state index contributed by atoms with van der Waals surface area (Å²) >= 11 is 1.60. The summed E-state index contributed by atoms with van der Waals surface area (Å²) in [5.74, 6) is 0.166. The summed E-state index contributed by atoms with van der Waals surface area (Å²) in [4.78, 5) is 30.2. The van der Waals surface area contributed by atoms with Gasteiger partial charge in [-0.1, -0.05) is 24.3 Å². The Balaban J connectivity index is 1.59. The van der Waals surface area contributed by atoms with Crippen LogP contribution < -0.4 is 10.4 Å². The van der Waals surface area contributed by atoms with Crippen LogP contribution in [0.2, 0.25) is 0 Å². The molecule has 4 rings (SSSR count). The predicted molar refractivity (Wildman–Crippen MR) is 122 cm³/mol. The number of ether oxygens (including phenoxy) is 1. The Bertz CT molecular complexity index is 1340. The highest BCUT2D eigenvalue weighted by Crippen LogP contribution is 2.27. The van der Waals surface area contributed by atoms with Gasteiger partial charge in [-0.25, -0.2) is 4.79 Å².